The molecule has 0 spiro atoms. The maximum Gasteiger partial charge on any atom is 0.254 e. The SMILES string of the molecule is CN(CC(=O)NC1CCC(C)(C)C1)C(=O)c1ccccc1. The highest BCUT2D eigenvalue weighted by Gasteiger charge is 2.31. The number of rotatable bonds is 4. The Balaban J connectivity index is 1.84. The van der Waals surface area contributed by atoms with Crippen LogP contribution in [-0.4, -0.2) is 36.3 Å². The van der Waals surface area contributed by atoms with Crippen LogP contribution in [0.15, 0.2) is 30.3 Å². The summed E-state index contributed by atoms with van der Waals surface area (Å²) in [5.41, 5.74) is 0.916. The molecule has 2 amide bonds. The van der Waals surface area contributed by atoms with Gasteiger partial charge in [-0.05, 0) is 36.8 Å². The van der Waals surface area contributed by atoms with Crippen LogP contribution >= 0.6 is 0 Å². The molecule has 1 unspecified atom stereocenters. The summed E-state index contributed by atoms with van der Waals surface area (Å²) in [6, 6.07) is 9.27. The molecule has 4 nitrogen and oxygen atoms in total. The van der Waals surface area contributed by atoms with Gasteiger partial charge in [-0.2, -0.15) is 0 Å². The highest BCUT2D eigenvalue weighted by Crippen LogP contribution is 2.36. The van der Waals surface area contributed by atoms with Gasteiger partial charge >= 0.3 is 0 Å². The molecule has 1 atom stereocenters. The van der Waals surface area contributed by atoms with Crippen LogP contribution in [0.25, 0.3) is 0 Å². The van der Waals surface area contributed by atoms with E-state index in [4.69, 9.17) is 0 Å². The van der Waals surface area contributed by atoms with E-state index in [1.807, 2.05) is 18.2 Å². The minimum atomic E-state index is -0.127. The minimum absolute atomic E-state index is 0.0792. The number of amides is 2. The molecule has 1 saturated carbocycles. The molecular formula is C17H24N2O2. The second-order valence-electron chi connectivity index (χ2n) is 6.70. The molecule has 1 aromatic rings. The third-order valence-electron chi connectivity index (χ3n) is 4.08. The molecule has 4 heteroatoms. The number of carbonyl (C=O) groups is 2. The zero-order valence-corrected chi connectivity index (χ0v) is 13.1. The normalized spacial score (nSPS) is 20.0. The lowest BCUT2D eigenvalue weighted by atomic mass is 9.92. The van der Waals surface area contributed by atoms with Crippen LogP contribution in [0.1, 0.15) is 43.5 Å². The van der Waals surface area contributed by atoms with E-state index in [9.17, 15) is 9.59 Å². The topological polar surface area (TPSA) is 49.4 Å². The third-order valence-corrected chi connectivity index (χ3v) is 4.08. The Labute approximate surface area is 126 Å². The second kappa shape index (κ2) is 6.29. The van der Waals surface area contributed by atoms with Crippen molar-refractivity contribution in [1.82, 2.24) is 10.2 Å². The molecule has 114 valence electrons. The Morgan fingerprint density at radius 1 is 1.29 bits per heavy atom. The predicted molar refractivity (Wildman–Crippen MR) is 83.0 cm³/mol. The van der Waals surface area contributed by atoms with E-state index in [1.54, 1.807) is 19.2 Å². The monoisotopic (exact) mass is 288 g/mol. The number of hydrogen-bond acceptors (Lipinski definition) is 2. The number of carbonyl (C=O) groups excluding carboxylic acids is 2. The first-order chi connectivity index (χ1) is 9.87. The van der Waals surface area contributed by atoms with Gasteiger partial charge in [-0.1, -0.05) is 32.0 Å². The quantitative estimate of drug-likeness (QED) is 0.925. The molecular weight excluding hydrogens is 264 g/mol. The molecule has 0 radical (unpaired) electrons. The van der Waals surface area contributed by atoms with E-state index >= 15 is 0 Å². The van der Waals surface area contributed by atoms with Crippen molar-refractivity contribution >= 4 is 11.8 Å². The van der Waals surface area contributed by atoms with Gasteiger partial charge in [0.2, 0.25) is 5.91 Å². The van der Waals surface area contributed by atoms with Gasteiger partial charge in [-0.15, -0.1) is 0 Å². The van der Waals surface area contributed by atoms with E-state index in [0.29, 0.717) is 11.0 Å². The van der Waals surface area contributed by atoms with E-state index < -0.39 is 0 Å². The van der Waals surface area contributed by atoms with Crippen LogP contribution in [0.2, 0.25) is 0 Å². The van der Waals surface area contributed by atoms with Gasteiger partial charge in [0, 0.05) is 18.7 Å². The number of hydrogen-bond donors (Lipinski definition) is 1. The molecule has 2 rings (SSSR count). The van der Waals surface area contributed by atoms with Crippen LogP contribution in [0.3, 0.4) is 0 Å². The van der Waals surface area contributed by atoms with Gasteiger partial charge < -0.3 is 10.2 Å². The van der Waals surface area contributed by atoms with Gasteiger partial charge in [-0.25, -0.2) is 0 Å². The lowest BCUT2D eigenvalue weighted by molar-refractivity contribution is -0.122. The number of benzene rings is 1. The van der Waals surface area contributed by atoms with E-state index in [2.05, 4.69) is 19.2 Å². The first-order valence-corrected chi connectivity index (χ1v) is 7.47. The highest BCUT2D eigenvalue weighted by atomic mass is 16.2. The average Bonchev–Trinajstić information content (AvgIpc) is 2.77. The van der Waals surface area contributed by atoms with Crippen molar-refractivity contribution in [3.63, 3.8) is 0 Å². The predicted octanol–water partition coefficient (Wildman–Crippen LogP) is 2.45. The molecule has 0 saturated heterocycles. The van der Waals surface area contributed by atoms with E-state index in [0.717, 1.165) is 19.3 Å². The molecule has 0 heterocycles. The van der Waals surface area contributed by atoms with Crippen molar-refractivity contribution < 1.29 is 9.59 Å². The van der Waals surface area contributed by atoms with Crippen molar-refractivity contribution in [2.45, 2.75) is 39.2 Å². The first-order valence-electron chi connectivity index (χ1n) is 7.47. The van der Waals surface area contributed by atoms with Gasteiger partial charge in [0.05, 0.1) is 6.54 Å². The van der Waals surface area contributed by atoms with Gasteiger partial charge in [-0.3, -0.25) is 9.59 Å². The van der Waals surface area contributed by atoms with Gasteiger partial charge in [0.15, 0.2) is 0 Å². The van der Waals surface area contributed by atoms with Gasteiger partial charge in [0.1, 0.15) is 0 Å². The smallest absolute Gasteiger partial charge is 0.254 e. The molecule has 1 aliphatic carbocycles. The molecule has 0 aromatic heterocycles. The first kappa shape index (κ1) is 15.5. The second-order valence-corrected chi connectivity index (χ2v) is 6.70. The van der Waals surface area contributed by atoms with E-state index in [-0.39, 0.29) is 24.4 Å². The molecule has 1 N–H and O–H groups in total. The number of nitrogens with one attached hydrogen (secondary N) is 1. The average molecular weight is 288 g/mol. The van der Waals surface area contributed by atoms with Crippen LogP contribution in [0.5, 0.6) is 0 Å². The Morgan fingerprint density at radius 3 is 2.52 bits per heavy atom. The molecule has 1 aromatic carbocycles. The lowest BCUT2D eigenvalue weighted by Gasteiger charge is -2.20. The van der Waals surface area contributed by atoms with Crippen molar-refractivity contribution in [3.8, 4) is 0 Å². The molecule has 21 heavy (non-hydrogen) atoms. The lowest BCUT2D eigenvalue weighted by Crippen LogP contribution is -2.42. The zero-order valence-electron chi connectivity index (χ0n) is 13.1. The standard InChI is InChI=1S/C17H24N2O2/c1-17(2)10-9-14(11-17)18-15(20)12-19(3)16(21)13-7-5-4-6-8-13/h4-8,14H,9-12H2,1-3H3,(H,18,20). The summed E-state index contributed by atoms with van der Waals surface area (Å²) in [6.07, 6.45) is 3.17. The molecule has 1 fully saturated rings. The fourth-order valence-corrected chi connectivity index (χ4v) is 2.92. The largest absolute Gasteiger partial charge is 0.352 e. The zero-order chi connectivity index (χ0) is 15.5. The summed E-state index contributed by atoms with van der Waals surface area (Å²) in [5.74, 6) is -0.206. The van der Waals surface area contributed by atoms with Crippen LogP contribution in [-0.2, 0) is 4.79 Å². The van der Waals surface area contributed by atoms with Crippen LogP contribution < -0.4 is 5.32 Å². The fourth-order valence-electron chi connectivity index (χ4n) is 2.92. The van der Waals surface area contributed by atoms with Crippen molar-refractivity contribution in [2.75, 3.05) is 13.6 Å². The summed E-state index contributed by atoms with van der Waals surface area (Å²) in [6.45, 7) is 4.55. The van der Waals surface area contributed by atoms with Crippen LogP contribution in [0, 0.1) is 5.41 Å². The Morgan fingerprint density at radius 2 is 1.95 bits per heavy atom. The maximum atomic E-state index is 12.2. The Bertz CT molecular complexity index is 511. The number of likely N-dealkylation sites (N-methyl/N-ethyl adjacent to an activating group) is 1. The summed E-state index contributed by atoms with van der Waals surface area (Å²) >= 11 is 0. The fraction of sp³-hybridized carbons (Fsp3) is 0.529. The summed E-state index contributed by atoms with van der Waals surface area (Å²) < 4.78 is 0. The minimum Gasteiger partial charge on any atom is -0.352 e. The molecule has 0 aliphatic heterocycles. The molecule has 1 aliphatic rings. The van der Waals surface area contributed by atoms with Crippen molar-refractivity contribution in [2.24, 2.45) is 5.41 Å². The van der Waals surface area contributed by atoms with Crippen molar-refractivity contribution in [1.29, 1.82) is 0 Å². The maximum absolute atomic E-state index is 12.2. The Hall–Kier alpha value is -1.84. The third kappa shape index (κ3) is 4.31. The molecule has 0 bridgehead atoms. The summed E-state index contributed by atoms with van der Waals surface area (Å²) in [7, 11) is 1.66. The van der Waals surface area contributed by atoms with E-state index in [1.165, 1.54) is 4.90 Å². The summed E-state index contributed by atoms with van der Waals surface area (Å²) in [5, 5.41) is 3.04. The van der Waals surface area contributed by atoms with Gasteiger partial charge in [0.25, 0.3) is 5.91 Å². The number of nitrogens with zero attached hydrogens (tertiary/aromatic N) is 1. The van der Waals surface area contributed by atoms with Crippen LogP contribution in [0.4, 0.5) is 0 Å². The van der Waals surface area contributed by atoms with Crippen molar-refractivity contribution in [3.05, 3.63) is 35.9 Å². The highest BCUT2D eigenvalue weighted by molar-refractivity contribution is 5.96. The summed E-state index contributed by atoms with van der Waals surface area (Å²) in [4.78, 5) is 25.7. The Kier molecular flexibility index (Phi) is 4.66.